The number of thiophene rings is 1. The Hall–Kier alpha value is -2.52. The minimum Gasteiger partial charge on any atom is -0.497 e. The SMILES string of the molecule is COc1ccc(OC)c(NC(=O)[C@H](C)SCc2nc3sc4c(c3c(=O)[nH]2)CCC4)c1. The topological polar surface area (TPSA) is 93.3 Å². The number of anilines is 1. The van der Waals surface area contributed by atoms with Crippen molar-refractivity contribution in [3.05, 3.63) is 44.8 Å². The number of aromatic nitrogens is 2. The summed E-state index contributed by atoms with van der Waals surface area (Å²) in [6, 6.07) is 5.23. The van der Waals surface area contributed by atoms with Gasteiger partial charge in [0.15, 0.2) is 0 Å². The van der Waals surface area contributed by atoms with Gasteiger partial charge in [-0.2, -0.15) is 0 Å². The van der Waals surface area contributed by atoms with Crippen LogP contribution in [0.25, 0.3) is 10.2 Å². The van der Waals surface area contributed by atoms with E-state index in [1.807, 2.05) is 6.92 Å². The van der Waals surface area contributed by atoms with Gasteiger partial charge >= 0.3 is 0 Å². The molecule has 1 amide bonds. The van der Waals surface area contributed by atoms with Crippen molar-refractivity contribution in [1.29, 1.82) is 0 Å². The van der Waals surface area contributed by atoms with Crippen LogP contribution in [0.4, 0.5) is 5.69 Å². The Bertz CT molecular complexity index is 1160. The second-order valence-corrected chi connectivity index (χ2v) is 9.47. The largest absolute Gasteiger partial charge is 0.497 e. The number of thioether (sulfide) groups is 1. The van der Waals surface area contributed by atoms with Crippen molar-refractivity contribution in [1.82, 2.24) is 9.97 Å². The number of methoxy groups -OCH3 is 2. The number of hydrogen-bond acceptors (Lipinski definition) is 7. The second kappa shape index (κ2) is 8.69. The fourth-order valence-corrected chi connectivity index (χ4v) is 5.58. The molecule has 0 spiro atoms. The van der Waals surface area contributed by atoms with Crippen LogP contribution in [0.5, 0.6) is 11.5 Å². The molecule has 4 rings (SSSR count). The molecular weight excluding hydrogens is 422 g/mol. The molecule has 1 aliphatic carbocycles. The van der Waals surface area contributed by atoms with Gasteiger partial charge in [-0.1, -0.05) is 0 Å². The number of ether oxygens (including phenoxy) is 2. The molecule has 0 fully saturated rings. The van der Waals surface area contributed by atoms with Crippen LogP contribution < -0.4 is 20.3 Å². The maximum atomic E-state index is 12.7. The van der Waals surface area contributed by atoms with Gasteiger partial charge in [0.2, 0.25) is 5.91 Å². The predicted molar refractivity (Wildman–Crippen MR) is 121 cm³/mol. The smallest absolute Gasteiger partial charge is 0.259 e. The van der Waals surface area contributed by atoms with Crippen LogP contribution >= 0.6 is 23.1 Å². The molecule has 1 aromatic carbocycles. The number of aromatic amines is 1. The Kier molecular flexibility index (Phi) is 6.01. The Labute approximate surface area is 182 Å². The van der Waals surface area contributed by atoms with Gasteiger partial charge in [0.25, 0.3) is 5.56 Å². The first-order chi connectivity index (χ1) is 14.5. The molecule has 3 aromatic rings. The molecule has 2 aromatic heterocycles. The predicted octanol–water partition coefficient (Wildman–Crippen LogP) is 3.75. The molecule has 0 unspecified atom stereocenters. The molecule has 0 bridgehead atoms. The molecule has 9 heteroatoms. The van der Waals surface area contributed by atoms with E-state index in [-0.39, 0.29) is 16.7 Å². The van der Waals surface area contributed by atoms with Crippen molar-refractivity contribution < 1.29 is 14.3 Å². The molecule has 158 valence electrons. The summed E-state index contributed by atoms with van der Waals surface area (Å²) in [6.45, 7) is 1.82. The summed E-state index contributed by atoms with van der Waals surface area (Å²) < 4.78 is 10.5. The zero-order valence-corrected chi connectivity index (χ0v) is 18.7. The summed E-state index contributed by atoms with van der Waals surface area (Å²) in [4.78, 5) is 34.8. The van der Waals surface area contributed by atoms with E-state index in [1.54, 1.807) is 43.8 Å². The van der Waals surface area contributed by atoms with E-state index in [0.29, 0.717) is 28.8 Å². The number of rotatable bonds is 7. The third kappa shape index (κ3) is 4.04. The van der Waals surface area contributed by atoms with E-state index in [4.69, 9.17) is 9.47 Å². The third-order valence-corrected chi connectivity index (χ3v) is 7.47. The van der Waals surface area contributed by atoms with Crippen LogP contribution in [0.1, 0.15) is 29.6 Å². The van der Waals surface area contributed by atoms with Crippen LogP contribution in [0.15, 0.2) is 23.0 Å². The number of carbonyl (C=O) groups excluding carboxylic acids is 1. The molecule has 0 saturated heterocycles. The van der Waals surface area contributed by atoms with Gasteiger partial charge in [-0.3, -0.25) is 9.59 Å². The van der Waals surface area contributed by atoms with E-state index in [2.05, 4.69) is 15.3 Å². The zero-order valence-electron chi connectivity index (χ0n) is 17.0. The molecule has 0 aliphatic heterocycles. The van der Waals surface area contributed by atoms with Crippen molar-refractivity contribution in [3.8, 4) is 11.5 Å². The van der Waals surface area contributed by atoms with Gasteiger partial charge in [0.1, 0.15) is 22.2 Å². The first-order valence-electron chi connectivity index (χ1n) is 9.68. The third-order valence-electron chi connectivity index (χ3n) is 5.13. The number of aryl methyl sites for hydroxylation is 2. The zero-order chi connectivity index (χ0) is 21.3. The molecule has 2 heterocycles. The van der Waals surface area contributed by atoms with E-state index in [0.717, 1.165) is 29.5 Å². The maximum absolute atomic E-state index is 12.7. The highest BCUT2D eigenvalue weighted by Gasteiger charge is 2.22. The summed E-state index contributed by atoms with van der Waals surface area (Å²) in [5, 5.41) is 3.28. The first kappa shape index (κ1) is 20.7. The second-order valence-electron chi connectivity index (χ2n) is 7.06. The normalized spacial score (nSPS) is 13.8. The van der Waals surface area contributed by atoms with Crippen molar-refractivity contribution in [3.63, 3.8) is 0 Å². The Morgan fingerprint density at radius 1 is 1.33 bits per heavy atom. The average molecular weight is 446 g/mol. The highest BCUT2D eigenvalue weighted by atomic mass is 32.2. The summed E-state index contributed by atoms with van der Waals surface area (Å²) in [5.74, 6) is 2.06. The van der Waals surface area contributed by atoms with Crippen molar-refractivity contribution in [2.24, 2.45) is 0 Å². The molecular formula is C21H23N3O4S2. The fraction of sp³-hybridized carbons (Fsp3) is 0.381. The number of amides is 1. The van der Waals surface area contributed by atoms with Gasteiger partial charge in [0.05, 0.1) is 36.3 Å². The first-order valence-corrected chi connectivity index (χ1v) is 11.5. The molecule has 1 aliphatic rings. The maximum Gasteiger partial charge on any atom is 0.259 e. The van der Waals surface area contributed by atoms with Gasteiger partial charge in [-0.15, -0.1) is 23.1 Å². The molecule has 0 radical (unpaired) electrons. The number of H-pyrrole nitrogens is 1. The van der Waals surface area contributed by atoms with Gasteiger partial charge in [-0.05, 0) is 43.9 Å². The lowest BCUT2D eigenvalue weighted by atomic mass is 10.2. The van der Waals surface area contributed by atoms with Crippen LogP contribution in [0.3, 0.4) is 0 Å². The monoisotopic (exact) mass is 445 g/mol. The highest BCUT2D eigenvalue weighted by molar-refractivity contribution is 7.99. The molecule has 2 N–H and O–H groups in total. The van der Waals surface area contributed by atoms with Crippen molar-refractivity contribution in [2.45, 2.75) is 37.2 Å². The quantitative estimate of drug-likeness (QED) is 0.575. The number of nitrogens with one attached hydrogen (secondary N) is 2. The van der Waals surface area contributed by atoms with E-state index >= 15 is 0 Å². The number of nitrogens with zero attached hydrogens (tertiary/aromatic N) is 1. The summed E-state index contributed by atoms with van der Waals surface area (Å²) >= 11 is 3.04. The number of carbonyl (C=O) groups is 1. The van der Waals surface area contributed by atoms with Gasteiger partial charge in [0, 0.05) is 10.9 Å². The lowest BCUT2D eigenvalue weighted by molar-refractivity contribution is -0.115. The van der Waals surface area contributed by atoms with Gasteiger partial charge in [-0.25, -0.2) is 4.98 Å². The van der Waals surface area contributed by atoms with Gasteiger partial charge < -0.3 is 19.8 Å². The molecule has 1 atom stereocenters. The van der Waals surface area contributed by atoms with Crippen molar-refractivity contribution >= 4 is 44.9 Å². The Morgan fingerprint density at radius 2 is 2.17 bits per heavy atom. The summed E-state index contributed by atoms with van der Waals surface area (Å²) in [7, 11) is 3.12. The standard InChI is InChI=1S/C21H23N3O4S2/c1-11(19(25)22-14-9-12(27-2)7-8-15(14)28-3)29-10-17-23-20(26)18-13-5-4-6-16(13)30-21(18)24-17/h7-9,11H,4-6,10H2,1-3H3,(H,22,25)(H,23,24,26)/t11-/m0/s1. The minimum atomic E-state index is -0.352. The Balaban J connectivity index is 1.44. The minimum absolute atomic E-state index is 0.0757. The van der Waals surface area contributed by atoms with Crippen LogP contribution in [0.2, 0.25) is 0 Å². The van der Waals surface area contributed by atoms with E-state index in [1.165, 1.54) is 22.2 Å². The number of benzene rings is 1. The van der Waals surface area contributed by atoms with Crippen molar-refractivity contribution in [2.75, 3.05) is 19.5 Å². The number of fused-ring (bicyclic) bond motifs is 3. The molecule has 30 heavy (non-hydrogen) atoms. The number of hydrogen-bond donors (Lipinski definition) is 2. The average Bonchev–Trinajstić information content (AvgIpc) is 3.32. The molecule has 0 saturated carbocycles. The van der Waals surface area contributed by atoms with E-state index in [9.17, 15) is 9.59 Å². The fourth-order valence-electron chi connectivity index (χ4n) is 3.54. The lowest BCUT2D eigenvalue weighted by Gasteiger charge is -2.15. The lowest BCUT2D eigenvalue weighted by Crippen LogP contribution is -2.23. The summed E-state index contributed by atoms with van der Waals surface area (Å²) in [5.41, 5.74) is 1.64. The highest BCUT2D eigenvalue weighted by Crippen LogP contribution is 2.35. The van der Waals surface area contributed by atoms with Crippen LogP contribution in [0, 0.1) is 0 Å². The van der Waals surface area contributed by atoms with E-state index < -0.39 is 0 Å². The summed E-state index contributed by atoms with van der Waals surface area (Å²) in [6.07, 6.45) is 3.10. The van der Waals surface area contributed by atoms with Crippen LogP contribution in [-0.4, -0.2) is 35.3 Å². The van der Waals surface area contributed by atoms with Crippen LogP contribution in [-0.2, 0) is 23.4 Å². The Morgan fingerprint density at radius 3 is 2.93 bits per heavy atom. The molecule has 7 nitrogen and oxygen atoms in total.